The van der Waals surface area contributed by atoms with Crippen molar-refractivity contribution in [2.75, 3.05) is 12.9 Å². The van der Waals surface area contributed by atoms with Crippen molar-refractivity contribution in [1.82, 2.24) is 5.32 Å². The van der Waals surface area contributed by atoms with E-state index in [2.05, 4.69) is 37.4 Å². The molecule has 21 heavy (non-hydrogen) atoms. The molecule has 0 saturated heterocycles. The number of rotatable bonds is 7. The molecule has 0 radical (unpaired) electrons. The van der Waals surface area contributed by atoms with Gasteiger partial charge in [-0.1, -0.05) is 17.7 Å². The van der Waals surface area contributed by atoms with Gasteiger partial charge in [-0.2, -0.15) is 0 Å². The first-order valence-electron chi connectivity index (χ1n) is 7.34. The Labute approximate surface area is 132 Å². The number of thioether (sulfide) groups is 1. The number of carbonyl (C=O) groups excluding carboxylic acids is 1. The molecule has 0 spiro atoms. The number of ether oxygens (including phenoxy) is 1. The van der Waals surface area contributed by atoms with Crippen LogP contribution in [0.25, 0.3) is 0 Å². The summed E-state index contributed by atoms with van der Waals surface area (Å²) in [5, 5.41) is 3.33. The van der Waals surface area contributed by atoms with E-state index in [4.69, 9.17) is 4.74 Å². The van der Waals surface area contributed by atoms with Crippen molar-refractivity contribution in [1.29, 1.82) is 0 Å². The number of esters is 1. The molecule has 0 bridgehead atoms. The van der Waals surface area contributed by atoms with Gasteiger partial charge in [0.05, 0.1) is 7.11 Å². The van der Waals surface area contributed by atoms with Crippen molar-refractivity contribution in [2.24, 2.45) is 0 Å². The molecule has 1 aromatic carbocycles. The van der Waals surface area contributed by atoms with Crippen molar-refractivity contribution in [3.05, 3.63) is 29.3 Å². The molecule has 1 N–H and O–H groups in total. The molecular weight excluding hydrogens is 282 g/mol. The molecule has 0 aliphatic carbocycles. The van der Waals surface area contributed by atoms with Gasteiger partial charge in [0, 0.05) is 16.7 Å². The lowest BCUT2D eigenvalue weighted by atomic mass is 9.98. The fraction of sp³-hybridized carbons (Fsp3) is 0.588. The molecule has 0 saturated carbocycles. The van der Waals surface area contributed by atoms with E-state index in [9.17, 15) is 4.79 Å². The molecule has 1 unspecified atom stereocenters. The number of benzene rings is 1. The summed E-state index contributed by atoms with van der Waals surface area (Å²) in [5.74, 6) is 0.674. The molecule has 118 valence electrons. The van der Waals surface area contributed by atoms with Crippen LogP contribution in [-0.4, -0.2) is 30.4 Å². The van der Waals surface area contributed by atoms with Crippen molar-refractivity contribution >= 4 is 17.7 Å². The average Bonchev–Trinajstić information content (AvgIpc) is 2.40. The van der Waals surface area contributed by atoms with Gasteiger partial charge in [0.15, 0.2) is 0 Å². The van der Waals surface area contributed by atoms with Crippen LogP contribution in [0.5, 0.6) is 0 Å². The van der Waals surface area contributed by atoms with E-state index in [0.717, 1.165) is 12.2 Å². The zero-order valence-electron chi connectivity index (χ0n) is 13.9. The van der Waals surface area contributed by atoms with Gasteiger partial charge in [-0.3, -0.25) is 10.1 Å². The van der Waals surface area contributed by atoms with E-state index in [1.807, 2.05) is 20.8 Å². The summed E-state index contributed by atoms with van der Waals surface area (Å²) in [5.41, 5.74) is 1.91. The number of carbonyl (C=O) groups is 1. The fourth-order valence-corrected chi connectivity index (χ4v) is 3.62. The Hall–Kier alpha value is -1.00. The predicted molar refractivity (Wildman–Crippen MR) is 89.9 cm³/mol. The van der Waals surface area contributed by atoms with Gasteiger partial charge in [-0.15, -0.1) is 11.8 Å². The largest absolute Gasteiger partial charge is 0.468 e. The average molecular weight is 309 g/mol. The van der Waals surface area contributed by atoms with Crippen LogP contribution in [0.3, 0.4) is 0 Å². The Bertz CT molecular complexity index is 488. The number of aryl methyl sites for hydroxylation is 2. The van der Waals surface area contributed by atoms with Gasteiger partial charge in [0.25, 0.3) is 0 Å². The highest BCUT2D eigenvalue weighted by Gasteiger charge is 2.34. The van der Waals surface area contributed by atoms with E-state index in [1.165, 1.54) is 23.1 Å². The third-order valence-corrected chi connectivity index (χ3v) is 4.61. The zero-order valence-corrected chi connectivity index (χ0v) is 14.8. The Morgan fingerprint density at radius 3 is 2.62 bits per heavy atom. The van der Waals surface area contributed by atoms with Crippen molar-refractivity contribution in [3.63, 3.8) is 0 Å². The molecule has 0 aliphatic heterocycles. The summed E-state index contributed by atoms with van der Waals surface area (Å²) in [4.78, 5) is 13.3. The maximum absolute atomic E-state index is 12.0. The standard InChI is InChI=1S/C17H27NO2S/c1-12(2)18-17(5,16(19)20-6)9-10-21-15-11-13(3)7-8-14(15)4/h7-8,11-12,18H,9-10H2,1-6H3. The highest BCUT2D eigenvalue weighted by atomic mass is 32.2. The summed E-state index contributed by atoms with van der Waals surface area (Å²) in [6.07, 6.45) is 0.732. The Morgan fingerprint density at radius 1 is 1.38 bits per heavy atom. The predicted octanol–water partition coefficient (Wildman–Crippen LogP) is 3.72. The van der Waals surface area contributed by atoms with Crippen LogP contribution in [0, 0.1) is 13.8 Å². The number of methoxy groups -OCH3 is 1. The van der Waals surface area contributed by atoms with E-state index < -0.39 is 5.54 Å². The smallest absolute Gasteiger partial charge is 0.325 e. The lowest BCUT2D eigenvalue weighted by molar-refractivity contribution is -0.148. The molecule has 0 fully saturated rings. The molecule has 1 rings (SSSR count). The van der Waals surface area contributed by atoms with E-state index in [0.29, 0.717) is 0 Å². The van der Waals surface area contributed by atoms with E-state index >= 15 is 0 Å². The van der Waals surface area contributed by atoms with E-state index in [1.54, 1.807) is 11.8 Å². The minimum atomic E-state index is -0.631. The number of hydrogen-bond donors (Lipinski definition) is 1. The maximum Gasteiger partial charge on any atom is 0.325 e. The first kappa shape index (κ1) is 18.1. The topological polar surface area (TPSA) is 38.3 Å². The highest BCUT2D eigenvalue weighted by Crippen LogP contribution is 2.26. The minimum absolute atomic E-state index is 0.197. The maximum atomic E-state index is 12.0. The van der Waals surface area contributed by atoms with Crippen LogP contribution in [0.15, 0.2) is 23.1 Å². The van der Waals surface area contributed by atoms with Gasteiger partial charge in [-0.25, -0.2) is 0 Å². The summed E-state index contributed by atoms with van der Waals surface area (Å²) in [7, 11) is 1.44. The van der Waals surface area contributed by atoms with Crippen LogP contribution in [0.1, 0.15) is 38.3 Å². The lowest BCUT2D eigenvalue weighted by Gasteiger charge is -2.30. The first-order chi connectivity index (χ1) is 9.78. The second-order valence-electron chi connectivity index (χ2n) is 5.99. The van der Waals surface area contributed by atoms with Gasteiger partial charge >= 0.3 is 5.97 Å². The molecule has 3 nitrogen and oxygen atoms in total. The molecule has 1 atom stereocenters. The quantitative estimate of drug-likeness (QED) is 0.615. The first-order valence-corrected chi connectivity index (χ1v) is 8.33. The van der Waals surface area contributed by atoms with Crippen LogP contribution >= 0.6 is 11.8 Å². The van der Waals surface area contributed by atoms with Crippen molar-refractivity contribution < 1.29 is 9.53 Å². The van der Waals surface area contributed by atoms with Crippen LogP contribution in [-0.2, 0) is 9.53 Å². The molecule has 0 amide bonds. The second kappa shape index (κ2) is 7.85. The highest BCUT2D eigenvalue weighted by molar-refractivity contribution is 7.99. The Balaban J connectivity index is 2.69. The van der Waals surface area contributed by atoms with Crippen LogP contribution in [0.2, 0.25) is 0 Å². The zero-order chi connectivity index (χ0) is 16.0. The molecule has 4 heteroatoms. The third-order valence-electron chi connectivity index (χ3n) is 3.45. The summed E-state index contributed by atoms with van der Waals surface area (Å²) < 4.78 is 4.95. The van der Waals surface area contributed by atoms with Gasteiger partial charge in [-0.05, 0) is 52.7 Å². The summed E-state index contributed by atoms with van der Waals surface area (Å²) >= 11 is 1.80. The fourth-order valence-electron chi connectivity index (χ4n) is 2.32. The van der Waals surface area contributed by atoms with E-state index in [-0.39, 0.29) is 12.0 Å². The van der Waals surface area contributed by atoms with Crippen molar-refractivity contribution in [2.45, 2.75) is 57.5 Å². The summed E-state index contributed by atoms with van der Waals surface area (Å²) in [6, 6.07) is 6.70. The van der Waals surface area contributed by atoms with Gasteiger partial charge < -0.3 is 4.74 Å². The summed E-state index contributed by atoms with van der Waals surface area (Å²) in [6.45, 7) is 10.2. The molecule has 0 aliphatic rings. The number of hydrogen-bond acceptors (Lipinski definition) is 4. The Kier molecular flexibility index (Phi) is 6.75. The molecule has 0 heterocycles. The molecular formula is C17H27NO2S. The molecule has 0 aromatic heterocycles. The number of nitrogens with one attached hydrogen (secondary N) is 1. The van der Waals surface area contributed by atoms with Gasteiger partial charge in [0.2, 0.25) is 0 Å². The SMILES string of the molecule is COC(=O)C(C)(CCSc1cc(C)ccc1C)NC(C)C. The van der Waals surface area contributed by atoms with Crippen LogP contribution < -0.4 is 5.32 Å². The monoisotopic (exact) mass is 309 g/mol. The molecule has 1 aromatic rings. The lowest BCUT2D eigenvalue weighted by Crippen LogP contribution is -2.53. The van der Waals surface area contributed by atoms with Crippen LogP contribution in [0.4, 0.5) is 0 Å². The van der Waals surface area contributed by atoms with Gasteiger partial charge in [0.1, 0.15) is 5.54 Å². The second-order valence-corrected chi connectivity index (χ2v) is 7.13. The third kappa shape index (κ3) is 5.36. The minimum Gasteiger partial charge on any atom is -0.468 e. The Morgan fingerprint density at radius 2 is 2.05 bits per heavy atom. The van der Waals surface area contributed by atoms with Crippen molar-refractivity contribution in [3.8, 4) is 0 Å². The normalized spacial score (nSPS) is 14.0.